The third kappa shape index (κ3) is 3.16. The molecule has 1 unspecified atom stereocenters. The summed E-state index contributed by atoms with van der Waals surface area (Å²) in [6.45, 7) is 8.67. The number of hydrogen-bond donors (Lipinski definition) is 1. The lowest BCUT2D eigenvalue weighted by atomic mass is 10.1. The lowest BCUT2D eigenvalue weighted by molar-refractivity contribution is 0.122. The summed E-state index contributed by atoms with van der Waals surface area (Å²) in [4.78, 5) is 2.32. The van der Waals surface area contributed by atoms with Crippen LogP contribution in [0.4, 0.5) is 5.69 Å². The van der Waals surface area contributed by atoms with E-state index in [1.165, 1.54) is 5.69 Å². The van der Waals surface area contributed by atoms with Gasteiger partial charge in [0.25, 0.3) is 0 Å². The Bertz CT molecular complexity index is 391. The lowest BCUT2D eigenvalue weighted by Gasteiger charge is -2.29. The molecule has 1 heterocycles. The van der Waals surface area contributed by atoms with Crippen LogP contribution in [0.3, 0.4) is 0 Å². The summed E-state index contributed by atoms with van der Waals surface area (Å²) in [6.07, 6.45) is 0. The van der Waals surface area contributed by atoms with Crippen molar-refractivity contribution in [2.24, 2.45) is 0 Å². The van der Waals surface area contributed by atoms with Crippen LogP contribution in [0.1, 0.15) is 25.5 Å². The van der Waals surface area contributed by atoms with Crippen LogP contribution in [0.15, 0.2) is 18.2 Å². The fourth-order valence-electron chi connectivity index (χ4n) is 2.30. The highest BCUT2D eigenvalue weighted by Gasteiger charge is 2.14. The SMILES string of the molecule is CCNC(C)c1ccc(N2CCOCC2)cc1Cl. The zero-order chi connectivity index (χ0) is 13.0. The normalized spacial score (nSPS) is 17.8. The van der Waals surface area contributed by atoms with Crippen molar-refractivity contribution in [1.82, 2.24) is 5.32 Å². The molecule has 1 aliphatic rings. The van der Waals surface area contributed by atoms with Crippen molar-refractivity contribution < 1.29 is 4.74 Å². The summed E-state index contributed by atoms with van der Waals surface area (Å²) < 4.78 is 5.36. The van der Waals surface area contributed by atoms with E-state index < -0.39 is 0 Å². The molecule has 0 bridgehead atoms. The molecule has 1 N–H and O–H groups in total. The molecule has 100 valence electrons. The number of hydrogen-bond acceptors (Lipinski definition) is 3. The first-order chi connectivity index (χ1) is 8.72. The maximum absolute atomic E-state index is 6.38. The van der Waals surface area contributed by atoms with Gasteiger partial charge in [0.15, 0.2) is 0 Å². The zero-order valence-corrected chi connectivity index (χ0v) is 11.8. The Kier molecular flexibility index (Phi) is 4.87. The average Bonchev–Trinajstić information content (AvgIpc) is 2.40. The number of benzene rings is 1. The number of nitrogens with zero attached hydrogens (tertiary/aromatic N) is 1. The zero-order valence-electron chi connectivity index (χ0n) is 11.1. The van der Waals surface area contributed by atoms with Crippen LogP contribution in [0, 0.1) is 0 Å². The number of rotatable bonds is 4. The number of nitrogens with one attached hydrogen (secondary N) is 1. The summed E-state index contributed by atoms with van der Waals surface area (Å²) in [5.41, 5.74) is 2.35. The van der Waals surface area contributed by atoms with Gasteiger partial charge in [0.1, 0.15) is 0 Å². The summed E-state index contributed by atoms with van der Waals surface area (Å²) in [5.74, 6) is 0. The smallest absolute Gasteiger partial charge is 0.0642 e. The molecule has 1 aliphatic heterocycles. The van der Waals surface area contributed by atoms with Gasteiger partial charge in [-0.1, -0.05) is 24.6 Å². The van der Waals surface area contributed by atoms with Gasteiger partial charge in [0.2, 0.25) is 0 Å². The molecule has 3 nitrogen and oxygen atoms in total. The lowest BCUT2D eigenvalue weighted by Crippen LogP contribution is -2.36. The standard InChI is InChI=1S/C14H21ClN2O/c1-3-16-11(2)13-5-4-12(10-14(13)15)17-6-8-18-9-7-17/h4-5,10-11,16H,3,6-9H2,1-2H3. The maximum atomic E-state index is 6.38. The molecule has 1 aromatic carbocycles. The van der Waals surface area contributed by atoms with Crippen LogP contribution in [0.2, 0.25) is 5.02 Å². The molecule has 1 fully saturated rings. The number of ether oxygens (including phenoxy) is 1. The van der Waals surface area contributed by atoms with Crippen LogP contribution in [0.25, 0.3) is 0 Å². The molecule has 0 radical (unpaired) electrons. The van der Waals surface area contributed by atoms with E-state index in [1.54, 1.807) is 0 Å². The van der Waals surface area contributed by atoms with Crippen molar-refractivity contribution in [2.45, 2.75) is 19.9 Å². The van der Waals surface area contributed by atoms with Gasteiger partial charge in [0.05, 0.1) is 13.2 Å². The fourth-order valence-corrected chi connectivity index (χ4v) is 2.64. The van der Waals surface area contributed by atoms with Crippen molar-refractivity contribution >= 4 is 17.3 Å². The summed E-state index contributed by atoms with van der Waals surface area (Å²) >= 11 is 6.38. The van der Waals surface area contributed by atoms with E-state index in [4.69, 9.17) is 16.3 Å². The second kappa shape index (κ2) is 6.41. The Hall–Kier alpha value is -0.770. The van der Waals surface area contributed by atoms with E-state index in [-0.39, 0.29) is 0 Å². The molecule has 1 saturated heterocycles. The molecule has 0 amide bonds. The molecule has 0 aromatic heterocycles. The minimum absolute atomic E-state index is 0.293. The van der Waals surface area contributed by atoms with Crippen molar-refractivity contribution in [3.63, 3.8) is 0 Å². The highest BCUT2D eigenvalue weighted by atomic mass is 35.5. The van der Waals surface area contributed by atoms with Crippen LogP contribution >= 0.6 is 11.6 Å². The first-order valence-electron chi connectivity index (χ1n) is 6.58. The second-order valence-corrected chi connectivity index (χ2v) is 4.99. The third-order valence-corrected chi connectivity index (χ3v) is 3.66. The highest BCUT2D eigenvalue weighted by Crippen LogP contribution is 2.28. The highest BCUT2D eigenvalue weighted by molar-refractivity contribution is 6.31. The minimum atomic E-state index is 0.293. The minimum Gasteiger partial charge on any atom is -0.378 e. The molecule has 0 saturated carbocycles. The second-order valence-electron chi connectivity index (χ2n) is 4.58. The predicted octanol–water partition coefficient (Wildman–Crippen LogP) is 2.85. The van der Waals surface area contributed by atoms with Crippen LogP contribution in [0.5, 0.6) is 0 Å². The Balaban J connectivity index is 2.13. The Morgan fingerprint density at radius 3 is 2.72 bits per heavy atom. The number of halogens is 1. The van der Waals surface area contributed by atoms with Crippen molar-refractivity contribution in [3.05, 3.63) is 28.8 Å². The number of anilines is 1. The van der Waals surface area contributed by atoms with Gasteiger partial charge < -0.3 is 15.0 Å². The number of morpholine rings is 1. The van der Waals surface area contributed by atoms with Gasteiger partial charge in [-0.15, -0.1) is 0 Å². The quantitative estimate of drug-likeness (QED) is 0.909. The largest absolute Gasteiger partial charge is 0.378 e. The topological polar surface area (TPSA) is 24.5 Å². The monoisotopic (exact) mass is 268 g/mol. The molecule has 0 spiro atoms. The third-order valence-electron chi connectivity index (χ3n) is 3.34. The molecular formula is C14H21ClN2O. The van der Waals surface area contributed by atoms with Crippen molar-refractivity contribution in [1.29, 1.82) is 0 Å². The van der Waals surface area contributed by atoms with E-state index in [9.17, 15) is 0 Å². The Morgan fingerprint density at radius 1 is 1.39 bits per heavy atom. The van der Waals surface area contributed by atoms with E-state index >= 15 is 0 Å². The van der Waals surface area contributed by atoms with Gasteiger partial charge in [-0.2, -0.15) is 0 Å². The van der Waals surface area contributed by atoms with Gasteiger partial charge in [-0.3, -0.25) is 0 Å². The van der Waals surface area contributed by atoms with Gasteiger partial charge in [0, 0.05) is 29.8 Å². The molecule has 0 aliphatic carbocycles. The first-order valence-corrected chi connectivity index (χ1v) is 6.95. The molecule has 4 heteroatoms. The Labute approximate surface area is 114 Å². The fraction of sp³-hybridized carbons (Fsp3) is 0.571. The maximum Gasteiger partial charge on any atom is 0.0642 e. The van der Waals surface area contributed by atoms with E-state index in [1.807, 2.05) is 0 Å². The molecule has 18 heavy (non-hydrogen) atoms. The van der Waals surface area contributed by atoms with Gasteiger partial charge >= 0.3 is 0 Å². The van der Waals surface area contributed by atoms with E-state index in [0.717, 1.165) is 43.4 Å². The molecule has 1 aromatic rings. The van der Waals surface area contributed by atoms with Crippen LogP contribution in [-0.2, 0) is 4.74 Å². The summed E-state index contributed by atoms with van der Waals surface area (Å²) in [5, 5.41) is 4.22. The average molecular weight is 269 g/mol. The Morgan fingerprint density at radius 2 is 2.11 bits per heavy atom. The van der Waals surface area contributed by atoms with E-state index in [0.29, 0.717) is 6.04 Å². The van der Waals surface area contributed by atoms with E-state index in [2.05, 4.69) is 42.3 Å². The van der Waals surface area contributed by atoms with Crippen LogP contribution in [-0.4, -0.2) is 32.8 Å². The van der Waals surface area contributed by atoms with Crippen molar-refractivity contribution in [2.75, 3.05) is 37.7 Å². The molecule has 2 rings (SSSR count). The van der Waals surface area contributed by atoms with Gasteiger partial charge in [-0.25, -0.2) is 0 Å². The first kappa shape index (κ1) is 13.7. The summed E-state index contributed by atoms with van der Waals surface area (Å²) in [6, 6.07) is 6.64. The molecular weight excluding hydrogens is 248 g/mol. The predicted molar refractivity (Wildman–Crippen MR) is 76.6 cm³/mol. The van der Waals surface area contributed by atoms with Crippen LogP contribution < -0.4 is 10.2 Å². The van der Waals surface area contributed by atoms with Gasteiger partial charge in [-0.05, 0) is 31.2 Å². The van der Waals surface area contributed by atoms with Crippen molar-refractivity contribution in [3.8, 4) is 0 Å². The summed E-state index contributed by atoms with van der Waals surface area (Å²) in [7, 11) is 0. The molecule has 1 atom stereocenters.